The number of rotatable bonds is 1. The Kier molecular flexibility index (Phi) is 3.92. The molecular formula is C12H20N4O3. The Morgan fingerprint density at radius 1 is 1.16 bits per heavy atom. The maximum Gasteiger partial charge on any atom is 0.319 e. The number of carbonyl (C=O) groups is 3. The molecule has 0 aromatic heterocycles. The minimum atomic E-state index is -0.372. The fraction of sp³-hybridized carbons (Fsp3) is 0.750. The lowest BCUT2D eigenvalue weighted by molar-refractivity contribution is -0.135. The first-order chi connectivity index (χ1) is 8.99. The molecule has 7 nitrogen and oxygen atoms in total. The van der Waals surface area contributed by atoms with Crippen LogP contribution in [0.5, 0.6) is 0 Å². The molecule has 2 heterocycles. The molecule has 2 fully saturated rings. The molecule has 7 heteroatoms. The monoisotopic (exact) mass is 268 g/mol. The summed E-state index contributed by atoms with van der Waals surface area (Å²) in [4.78, 5) is 40.0. The molecule has 0 radical (unpaired) electrons. The van der Waals surface area contributed by atoms with E-state index in [1.54, 1.807) is 23.9 Å². The van der Waals surface area contributed by atoms with Crippen LogP contribution < -0.4 is 5.32 Å². The third kappa shape index (κ3) is 2.97. The predicted octanol–water partition coefficient (Wildman–Crippen LogP) is -0.909. The minimum Gasteiger partial charge on any atom is -0.344 e. The van der Waals surface area contributed by atoms with Gasteiger partial charge in [-0.1, -0.05) is 0 Å². The smallest absolute Gasteiger partial charge is 0.319 e. The van der Waals surface area contributed by atoms with Crippen LogP contribution >= 0.6 is 0 Å². The number of hydrogen-bond donors (Lipinski definition) is 1. The van der Waals surface area contributed by atoms with Crippen molar-refractivity contribution in [3.8, 4) is 0 Å². The van der Waals surface area contributed by atoms with Crippen molar-refractivity contribution in [1.82, 2.24) is 20.0 Å². The van der Waals surface area contributed by atoms with Crippen LogP contribution in [0.2, 0.25) is 0 Å². The molecule has 0 bridgehead atoms. The molecule has 0 aliphatic carbocycles. The largest absolute Gasteiger partial charge is 0.344 e. The molecule has 4 amide bonds. The van der Waals surface area contributed by atoms with Gasteiger partial charge in [-0.05, 0) is 6.42 Å². The summed E-state index contributed by atoms with van der Waals surface area (Å²) in [5.74, 6) is -0.0810. The van der Waals surface area contributed by atoms with Gasteiger partial charge in [0.25, 0.3) is 0 Å². The fourth-order valence-electron chi connectivity index (χ4n) is 2.42. The average molecular weight is 268 g/mol. The summed E-state index contributed by atoms with van der Waals surface area (Å²) in [5.41, 5.74) is 0. The van der Waals surface area contributed by atoms with Gasteiger partial charge in [-0.15, -0.1) is 0 Å². The number of nitrogens with zero attached hydrogens (tertiary/aromatic N) is 3. The molecule has 2 rings (SSSR count). The van der Waals surface area contributed by atoms with Crippen molar-refractivity contribution in [2.24, 2.45) is 0 Å². The lowest BCUT2D eigenvalue weighted by atomic mass is 10.2. The average Bonchev–Trinajstić information content (AvgIpc) is 2.84. The van der Waals surface area contributed by atoms with E-state index in [2.05, 4.69) is 5.32 Å². The number of urea groups is 1. The Bertz CT molecular complexity index is 388. The van der Waals surface area contributed by atoms with Crippen LogP contribution in [0.3, 0.4) is 0 Å². The first-order valence-corrected chi connectivity index (χ1v) is 6.53. The second kappa shape index (κ2) is 5.46. The Labute approximate surface area is 112 Å². The topological polar surface area (TPSA) is 73.0 Å². The van der Waals surface area contributed by atoms with Crippen LogP contribution in [0, 0.1) is 0 Å². The first-order valence-electron chi connectivity index (χ1n) is 6.53. The zero-order chi connectivity index (χ0) is 14.0. The lowest BCUT2D eigenvalue weighted by Crippen LogP contribution is -2.55. The van der Waals surface area contributed by atoms with E-state index in [0.717, 1.165) is 0 Å². The van der Waals surface area contributed by atoms with Crippen molar-refractivity contribution in [1.29, 1.82) is 0 Å². The first kappa shape index (κ1) is 13.6. The zero-order valence-electron chi connectivity index (χ0n) is 11.4. The van der Waals surface area contributed by atoms with Crippen LogP contribution in [-0.2, 0) is 9.59 Å². The summed E-state index contributed by atoms with van der Waals surface area (Å²) in [6, 6.07) is -0.398. The molecule has 0 aromatic rings. The van der Waals surface area contributed by atoms with E-state index < -0.39 is 0 Å². The van der Waals surface area contributed by atoms with E-state index in [1.165, 1.54) is 4.90 Å². The van der Waals surface area contributed by atoms with Gasteiger partial charge in [0.05, 0.1) is 0 Å². The number of hydrogen-bond acceptors (Lipinski definition) is 3. The van der Waals surface area contributed by atoms with Crippen LogP contribution in [0.25, 0.3) is 0 Å². The summed E-state index contributed by atoms with van der Waals surface area (Å²) in [7, 11) is 3.43. The molecule has 0 saturated carbocycles. The van der Waals surface area contributed by atoms with E-state index in [0.29, 0.717) is 39.0 Å². The molecule has 2 saturated heterocycles. The standard InChI is InChI=1S/C12H20N4O3/c1-14(2)12(19)16-7-5-15(6-8-16)11(18)9-3-4-10(17)13-9/h9H,3-8H2,1-2H3,(H,13,17). The Morgan fingerprint density at radius 3 is 2.21 bits per heavy atom. The third-order valence-corrected chi connectivity index (χ3v) is 3.54. The fourth-order valence-corrected chi connectivity index (χ4v) is 2.42. The second-order valence-corrected chi connectivity index (χ2v) is 5.15. The molecule has 1 atom stereocenters. The van der Waals surface area contributed by atoms with Crippen molar-refractivity contribution in [3.63, 3.8) is 0 Å². The Hall–Kier alpha value is -1.79. The number of piperazine rings is 1. The second-order valence-electron chi connectivity index (χ2n) is 5.15. The van der Waals surface area contributed by atoms with E-state index >= 15 is 0 Å². The highest BCUT2D eigenvalue weighted by Gasteiger charge is 2.33. The van der Waals surface area contributed by atoms with Crippen molar-refractivity contribution in [2.75, 3.05) is 40.3 Å². The molecule has 2 aliphatic rings. The van der Waals surface area contributed by atoms with Gasteiger partial charge in [0.1, 0.15) is 6.04 Å². The summed E-state index contributed by atoms with van der Waals surface area (Å²) in [5, 5.41) is 2.68. The van der Waals surface area contributed by atoms with E-state index in [1.807, 2.05) is 0 Å². The van der Waals surface area contributed by atoms with Gasteiger partial charge in [0.2, 0.25) is 11.8 Å². The third-order valence-electron chi connectivity index (χ3n) is 3.54. The van der Waals surface area contributed by atoms with Gasteiger partial charge in [-0.25, -0.2) is 4.79 Å². The highest BCUT2D eigenvalue weighted by atomic mass is 16.2. The summed E-state index contributed by atoms with van der Waals surface area (Å²) < 4.78 is 0. The Balaban J connectivity index is 1.84. The highest BCUT2D eigenvalue weighted by molar-refractivity contribution is 5.91. The van der Waals surface area contributed by atoms with E-state index in [-0.39, 0.29) is 23.9 Å². The SMILES string of the molecule is CN(C)C(=O)N1CCN(C(=O)C2CCC(=O)N2)CC1. The number of carbonyl (C=O) groups excluding carboxylic acids is 3. The van der Waals surface area contributed by atoms with Gasteiger partial charge < -0.3 is 20.0 Å². The van der Waals surface area contributed by atoms with Gasteiger partial charge in [0, 0.05) is 46.7 Å². The van der Waals surface area contributed by atoms with Crippen LogP contribution in [0.15, 0.2) is 0 Å². The molecular weight excluding hydrogens is 248 g/mol. The zero-order valence-corrected chi connectivity index (χ0v) is 11.4. The lowest BCUT2D eigenvalue weighted by Gasteiger charge is -2.36. The maximum absolute atomic E-state index is 12.2. The van der Waals surface area contributed by atoms with Crippen molar-refractivity contribution in [3.05, 3.63) is 0 Å². The van der Waals surface area contributed by atoms with Crippen molar-refractivity contribution >= 4 is 17.8 Å². The molecule has 1 unspecified atom stereocenters. The molecule has 19 heavy (non-hydrogen) atoms. The van der Waals surface area contributed by atoms with Crippen LogP contribution in [0.4, 0.5) is 4.79 Å². The normalized spacial score (nSPS) is 23.3. The molecule has 0 spiro atoms. The highest BCUT2D eigenvalue weighted by Crippen LogP contribution is 2.12. The van der Waals surface area contributed by atoms with E-state index in [9.17, 15) is 14.4 Å². The maximum atomic E-state index is 12.2. The van der Waals surface area contributed by atoms with Gasteiger partial charge >= 0.3 is 6.03 Å². The molecule has 1 N–H and O–H groups in total. The van der Waals surface area contributed by atoms with Crippen LogP contribution in [-0.4, -0.2) is 78.9 Å². The van der Waals surface area contributed by atoms with Crippen LogP contribution in [0.1, 0.15) is 12.8 Å². The van der Waals surface area contributed by atoms with Crippen molar-refractivity contribution < 1.29 is 14.4 Å². The van der Waals surface area contributed by atoms with Gasteiger partial charge in [-0.2, -0.15) is 0 Å². The predicted molar refractivity (Wildman–Crippen MR) is 68.4 cm³/mol. The molecule has 2 aliphatic heterocycles. The Morgan fingerprint density at radius 2 is 1.74 bits per heavy atom. The summed E-state index contributed by atoms with van der Waals surface area (Å²) >= 11 is 0. The summed E-state index contributed by atoms with van der Waals surface area (Å²) in [6.07, 6.45) is 1.00. The van der Waals surface area contributed by atoms with Gasteiger partial charge in [0.15, 0.2) is 0 Å². The van der Waals surface area contributed by atoms with Crippen molar-refractivity contribution in [2.45, 2.75) is 18.9 Å². The molecule has 106 valence electrons. The summed E-state index contributed by atoms with van der Waals surface area (Å²) in [6.45, 7) is 2.16. The minimum absolute atomic E-state index is 0.0252. The number of amides is 4. The number of nitrogens with one attached hydrogen (secondary N) is 1. The van der Waals surface area contributed by atoms with E-state index in [4.69, 9.17) is 0 Å². The van der Waals surface area contributed by atoms with Gasteiger partial charge in [-0.3, -0.25) is 9.59 Å². The molecule has 0 aromatic carbocycles. The quantitative estimate of drug-likeness (QED) is 0.669.